The van der Waals surface area contributed by atoms with Crippen LogP contribution < -0.4 is 0 Å². The van der Waals surface area contributed by atoms with E-state index in [4.69, 9.17) is 5.11 Å². The molecule has 0 aromatic carbocycles. The summed E-state index contributed by atoms with van der Waals surface area (Å²) in [4.78, 5) is 0. The van der Waals surface area contributed by atoms with Crippen LogP contribution in [0.1, 0.15) is 26.2 Å². The second-order valence-electron chi connectivity index (χ2n) is 2.89. The van der Waals surface area contributed by atoms with Gasteiger partial charge < -0.3 is 5.11 Å². The van der Waals surface area contributed by atoms with E-state index < -0.39 is 15.9 Å². The molecule has 0 aliphatic rings. The highest BCUT2D eigenvalue weighted by atomic mass is 32.2. The smallest absolute Gasteiger partial charge is 0.149 e. The van der Waals surface area contributed by atoms with Crippen molar-refractivity contribution in [3.05, 3.63) is 0 Å². The van der Waals surface area contributed by atoms with Crippen LogP contribution in [0.15, 0.2) is 0 Å². The summed E-state index contributed by atoms with van der Waals surface area (Å²) in [6, 6.07) is 0. The van der Waals surface area contributed by atoms with Gasteiger partial charge in [-0.25, -0.2) is 8.42 Å². The van der Waals surface area contributed by atoms with Crippen molar-refractivity contribution in [2.45, 2.75) is 32.3 Å². The Morgan fingerprint density at radius 2 is 2.00 bits per heavy atom. The number of rotatable bonds is 5. The van der Waals surface area contributed by atoms with E-state index in [0.29, 0.717) is 6.42 Å². The van der Waals surface area contributed by atoms with Crippen LogP contribution in [0.25, 0.3) is 0 Å². The van der Waals surface area contributed by atoms with Crippen molar-refractivity contribution in [1.29, 1.82) is 0 Å². The quantitative estimate of drug-likeness (QED) is 0.673. The third kappa shape index (κ3) is 7.81. The minimum atomic E-state index is -3.00. The molecule has 0 aliphatic carbocycles. The summed E-state index contributed by atoms with van der Waals surface area (Å²) in [5.74, 6) is -0.104. The van der Waals surface area contributed by atoms with Gasteiger partial charge >= 0.3 is 0 Å². The first-order valence-corrected chi connectivity index (χ1v) is 5.87. The number of hydrogen-bond donors (Lipinski definition) is 1. The average Bonchev–Trinajstić information content (AvgIpc) is 1.79. The number of aliphatic hydroxyl groups is 1. The number of hydrogen-bond acceptors (Lipinski definition) is 3. The summed E-state index contributed by atoms with van der Waals surface area (Å²) in [6.45, 7) is 2.01. The molecule has 0 radical (unpaired) electrons. The first-order valence-electron chi connectivity index (χ1n) is 3.81. The van der Waals surface area contributed by atoms with Gasteiger partial charge in [0.1, 0.15) is 9.84 Å². The van der Waals surface area contributed by atoms with Crippen molar-refractivity contribution in [3.63, 3.8) is 0 Å². The molecule has 11 heavy (non-hydrogen) atoms. The van der Waals surface area contributed by atoms with Crippen LogP contribution in [0.5, 0.6) is 0 Å². The van der Waals surface area contributed by atoms with Gasteiger partial charge in [0, 0.05) is 6.26 Å². The standard InChI is InChI=1S/C7H16O3S/c1-3-4-5-7(8)6-11(2,9)10/h7-8H,3-6H2,1-2H3. The maximum absolute atomic E-state index is 10.6. The highest BCUT2D eigenvalue weighted by Gasteiger charge is 2.10. The Morgan fingerprint density at radius 1 is 1.45 bits per heavy atom. The molecule has 0 saturated carbocycles. The Morgan fingerprint density at radius 3 is 2.36 bits per heavy atom. The van der Waals surface area contributed by atoms with E-state index in [0.717, 1.165) is 19.1 Å². The van der Waals surface area contributed by atoms with Crippen molar-refractivity contribution in [2.24, 2.45) is 0 Å². The second-order valence-corrected chi connectivity index (χ2v) is 5.07. The van der Waals surface area contributed by atoms with Crippen LogP contribution in [-0.4, -0.2) is 31.6 Å². The van der Waals surface area contributed by atoms with Gasteiger partial charge in [0.15, 0.2) is 0 Å². The molecular weight excluding hydrogens is 164 g/mol. The summed E-state index contributed by atoms with van der Waals surface area (Å²) in [6.07, 6.45) is 2.92. The summed E-state index contributed by atoms with van der Waals surface area (Å²) in [7, 11) is -3.00. The van der Waals surface area contributed by atoms with Crippen LogP contribution in [-0.2, 0) is 9.84 Å². The molecule has 68 valence electrons. The zero-order chi connectivity index (χ0) is 8.91. The molecule has 4 heteroatoms. The van der Waals surface area contributed by atoms with Gasteiger partial charge in [-0.3, -0.25) is 0 Å². The highest BCUT2D eigenvalue weighted by molar-refractivity contribution is 7.90. The van der Waals surface area contributed by atoms with E-state index in [2.05, 4.69) is 0 Å². The fraction of sp³-hybridized carbons (Fsp3) is 1.00. The van der Waals surface area contributed by atoms with Gasteiger partial charge in [-0.05, 0) is 6.42 Å². The minimum Gasteiger partial charge on any atom is -0.392 e. The van der Waals surface area contributed by atoms with Gasteiger partial charge in [0.05, 0.1) is 11.9 Å². The summed E-state index contributed by atoms with van der Waals surface area (Å²) in [5, 5.41) is 9.14. The van der Waals surface area contributed by atoms with E-state index >= 15 is 0 Å². The van der Waals surface area contributed by atoms with Crippen LogP contribution >= 0.6 is 0 Å². The lowest BCUT2D eigenvalue weighted by Gasteiger charge is -2.06. The lowest BCUT2D eigenvalue weighted by atomic mass is 10.2. The van der Waals surface area contributed by atoms with Crippen LogP contribution in [0, 0.1) is 0 Å². The topological polar surface area (TPSA) is 54.4 Å². The fourth-order valence-electron chi connectivity index (χ4n) is 0.873. The Labute approximate surface area is 68.3 Å². The third-order valence-electron chi connectivity index (χ3n) is 1.39. The van der Waals surface area contributed by atoms with Gasteiger partial charge in [-0.15, -0.1) is 0 Å². The van der Waals surface area contributed by atoms with E-state index in [-0.39, 0.29) is 5.75 Å². The Kier molecular flexibility index (Phi) is 4.68. The number of unbranched alkanes of at least 4 members (excludes halogenated alkanes) is 1. The summed E-state index contributed by atoms with van der Waals surface area (Å²) >= 11 is 0. The number of sulfone groups is 1. The van der Waals surface area contributed by atoms with Gasteiger partial charge in [-0.2, -0.15) is 0 Å². The summed E-state index contributed by atoms with van der Waals surface area (Å²) < 4.78 is 21.3. The minimum absolute atomic E-state index is 0.104. The van der Waals surface area contributed by atoms with Crippen molar-refractivity contribution < 1.29 is 13.5 Å². The maximum Gasteiger partial charge on any atom is 0.149 e. The molecule has 0 aliphatic heterocycles. The molecule has 3 nitrogen and oxygen atoms in total. The number of aliphatic hydroxyl groups excluding tert-OH is 1. The Hall–Kier alpha value is -0.0900. The maximum atomic E-state index is 10.6. The molecule has 1 unspecified atom stereocenters. The molecule has 0 bridgehead atoms. The molecule has 0 amide bonds. The molecule has 1 N–H and O–H groups in total. The lowest BCUT2D eigenvalue weighted by Crippen LogP contribution is -2.19. The molecular formula is C7H16O3S. The zero-order valence-electron chi connectivity index (χ0n) is 7.08. The first kappa shape index (κ1) is 10.9. The predicted molar refractivity (Wildman–Crippen MR) is 45.2 cm³/mol. The largest absolute Gasteiger partial charge is 0.392 e. The monoisotopic (exact) mass is 180 g/mol. The van der Waals surface area contributed by atoms with Crippen molar-refractivity contribution >= 4 is 9.84 Å². The van der Waals surface area contributed by atoms with Crippen LogP contribution in [0.3, 0.4) is 0 Å². The Balaban J connectivity index is 3.61. The Bertz CT molecular complexity index is 184. The molecule has 0 aromatic heterocycles. The molecule has 0 spiro atoms. The molecule has 0 heterocycles. The fourth-order valence-corrected chi connectivity index (χ4v) is 1.74. The first-order chi connectivity index (χ1) is 4.95. The van der Waals surface area contributed by atoms with Gasteiger partial charge in [0.25, 0.3) is 0 Å². The van der Waals surface area contributed by atoms with E-state index in [1.165, 1.54) is 0 Å². The van der Waals surface area contributed by atoms with Crippen molar-refractivity contribution in [3.8, 4) is 0 Å². The summed E-state index contributed by atoms with van der Waals surface area (Å²) in [5.41, 5.74) is 0. The van der Waals surface area contributed by atoms with Gasteiger partial charge in [-0.1, -0.05) is 19.8 Å². The third-order valence-corrected chi connectivity index (χ3v) is 2.38. The molecule has 0 aromatic rings. The molecule has 0 rings (SSSR count). The second kappa shape index (κ2) is 4.72. The lowest BCUT2D eigenvalue weighted by molar-refractivity contribution is 0.184. The van der Waals surface area contributed by atoms with E-state index in [9.17, 15) is 8.42 Å². The SMILES string of the molecule is CCCCC(O)CS(C)(=O)=O. The van der Waals surface area contributed by atoms with Gasteiger partial charge in [0.2, 0.25) is 0 Å². The van der Waals surface area contributed by atoms with Crippen LogP contribution in [0.4, 0.5) is 0 Å². The zero-order valence-corrected chi connectivity index (χ0v) is 7.89. The highest BCUT2D eigenvalue weighted by Crippen LogP contribution is 2.02. The van der Waals surface area contributed by atoms with Crippen LogP contribution in [0.2, 0.25) is 0 Å². The van der Waals surface area contributed by atoms with E-state index in [1.807, 2.05) is 6.92 Å². The van der Waals surface area contributed by atoms with Crippen molar-refractivity contribution in [1.82, 2.24) is 0 Å². The molecule has 1 atom stereocenters. The predicted octanol–water partition coefficient (Wildman–Crippen LogP) is 0.582. The average molecular weight is 180 g/mol. The van der Waals surface area contributed by atoms with E-state index in [1.54, 1.807) is 0 Å². The molecule has 0 saturated heterocycles. The molecule has 0 fully saturated rings. The normalized spacial score (nSPS) is 14.8. The van der Waals surface area contributed by atoms with Crippen molar-refractivity contribution in [2.75, 3.05) is 12.0 Å².